The first-order chi connectivity index (χ1) is 15.8. The van der Waals surface area contributed by atoms with E-state index in [4.69, 9.17) is 9.15 Å². The summed E-state index contributed by atoms with van der Waals surface area (Å²) in [5, 5.41) is 0.519. The fourth-order valence-corrected chi connectivity index (χ4v) is 4.17. The van der Waals surface area contributed by atoms with Crippen molar-refractivity contribution < 1.29 is 27.1 Å². The lowest BCUT2D eigenvalue weighted by Gasteiger charge is -2.29. The molecule has 1 heterocycles. The largest absolute Gasteiger partial charge is 0.460 e. The van der Waals surface area contributed by atoms with Crippen LogP contribution in [0.1, 0.15) is 64.5 Å². The summed E-state index contributed by atoms with van der Waals surface area (Å²) in [5.74, 6) is -0.0670. The van der Waals surface area contributed by atoms with Crippen LogP contribution in [0.3, 0.4) is 0 Å². The maximum atomic E-state index is 13.4. The van der Waals surface area contributed by atoms with Gasteiger partial charge in [-0.15, -0.1) is 0 Å². The average Bonchev–Trinajstić information content (AvgIpc) is 2.70. The zero-order valence-electron chi connectivity index (χ0n) is 20.0. The summed E-state index contributed by atoms with van der Waals surface area (Å²) < 4.78 is 51.4. The van der Waals surface area contributed by atoms with Gasteiger partial charge >= 0.3 is 17.8 Å². The van der Waals surface area contributed by atoms with E-state index in [9.17, 15) is 22.8 Å². The van der Waals surface area contributed by atoms with Gasteiger partial charge in [0.05, 0.1) is 11.1 Å². The van der Waals surface area contributed by atoms with Crippen molar-refractivity contribution in [2.24, 2.45) is 5.92 Å². The second kappa shape index (κ2) is 9.65. The number of carbonyl (C=O) groups is 1. The van der Waals surface area contributed by atoms with Crippen LogP contribution in [-0.4, -0.2) is 11.6 Å². The third kappa shape index (κ3) is 6.07. The highest BCUT2D eigenvalue weighted by Crippen LogP contribution is 2.37. The first kappa shape index (κ1) is 25.5. The van der Waals surface area contributed by atoms with Crippen LogP contribution < -0.4 is 5.63 Å². The van der Waals surface area contributed by atoms with E-state index in [1.165, 1.54) is 24.3 Å². The molecule has 2 aromatic carbocycles. The number of benzene rings is 2. The van der Waals surface area contributed by atoms with E-state index < -0.39 is 23.0 Å². The van der Waals surface area contributed by atoms with Gasteiger partial charge in [-0.3, -0.25) is 4.79 Å². The number of fused-ring (bicyclic) bond motifs is 1. The van der Waals surface area contributed by atoms with Gasteiger partial charge in [0.15, 0.2) is 0 Å². The summed E-state index contributed by atoms with van der Waals surface area (Å²) in [6.45, 7) is 9.59. The van der Waals surface area contributed by atoms with E-state index in [1.54, 1.807) is 12.1 Å². The highest BCUT2D eigenvalue weighted by Gasteiger charge is 2.34. The fraction of sp³-hybridized carbons (Fsp3) is 0.407. The van der Waals surface area contributed by atoms with Crippen molar-refractivity contribution in [2.75, 3.05) is 0 Å². The van der Waals surface area contributed by atoms with E-state index in [2.05, 4.69) is 0 Å². The van der Waals surface area contributed by atoms with Gasteiger partial charge in [-0.25, -0.2) is 4.79 Å². The number of ether oxygens (including phenoxy) is 1. The van der Waals surface area contributed by atoms with Crippen LogP contribution in [0.25, 0.3) is 22.1 Å². The molecule has 0 aliphatic rings. The molecule has 0 spiro atoms. The van der Waals surface area contributed by atoms with Crippen molar-refractivity contribution in [3.8, 4) is 11.1 Å². The van der Waals surface area contributed by atoms with Crippen molar-refractivity contribution in [1.29, 1.82) is 0 Å². The molecule has 0 aliphatic carbocycles. The zero-order chi connectivity index (χ0) is 25.3. The Morgan fingerprint density at radius 1 is 1.00 bits per heavy atom. The zero-order valence-corrected chi connectivity index (χ0v) is 20.0. The molecule has 7 heteroatoms. The molecule has 34 heavy (non-hydrogen) atoms. The Hall–Kier alpha value is -3.09. The molecule has 1 unspecified atom stereocenters. The van der Waals surface area contributed by atoms with E-state index in [-0.39, 0.29) is 34.5 Å². The monoisotopic (exact) mass is 474 g/mol. The van der Waals surface area contributed by atoms with Gasteiger partial charge in [-0.05, 0) is 55.9 Å². The Kier molecular flexibility index (Phi) is 7.24. The summed E-state index contributed by atoms with van der Waals surface area (Å²) >= 11 is 0. The second-order valence-electron chi connectivity index (χ2n) is 9.73. The SMILES string of the molecule is CC(C)CC(=O)OC(C)(C)CC(C)c1ccc2cc(-c3ccccc3C(F)(F)F)c(=O)oc2c1. The molecule has 182 valence electrons. The summed E-state index contributed by atoms with van der Waals surface area (Å²) in [5.41, 5.74) is -1.61. The van der Waals surface area contributed by atoms with Crippen LogP contribution in [-0.2, 0) is 15.7 Å². The third-order valence-corrected chi connectivity index (χ3v) is 5.61. The molecule has 0 saturated heterocycles. The average molecular weight is 475 g/mol. The maximum Gasteiger partial charge on any atom is 0.417 e. The first-order valence-corrected chi connectivity index (χ1v) is 11.2. The van der Waals surface area contributed by atoms with Crippen molar-refractivity contribution in [3.63, 3.8) is 0 Å². The number of hydrogen-bond acceptors (Lipinski definition) is 4. The summed E-state index contributed by atoms with van der Waals surface area (Å²) in [6.07, 6.45) is -3.70. The standard InChI is InChI=1S/C27H29F3O4/c1-16(2)12-24(31)34-26(4,5)15-17(3)18-10-11-19-13-21(25(32)33-23(19)14-18)20-8-6-7-9-22(20)27(28,29)30/h6-11,13-14,16-17H,12,15H2,1-5H3. The first-order valence-electron chi connectivity index (χ1n) is 11.2. The number of esters is 1. The molecule has 0 fully saturated rings. The maximum absolute atomic E-state index is 13.4. The molecule has 0 aliphatic heterocycles. The molecule has 3 rings (SSSR count). The molecule has 0 bridgehead atoms. The number of hydrogen-bond donors (Lipinski definition) is 0. The predicted molar refractivity (Wildman–Crippen MR) is 126 cm³/mol. The minimum atomic E-state index is -4.59. The molecule has 1 aromatic heterocycles. The molecule has 0 amide bonds. The molecule has 4 nitrogen and oxygen atoms in total. The van der Waals surface area contributed by atoms with Gasteiger partial charge in [0.25, 0.3) is 0 Å². The van der Waals surface area contributed by atoms with Gasteiger partial charge in [-0.2, -0.15) is 13.2 Å². The van der Waals surface area contributed by atoms with Gasteiger partial charge in [-0.1, -0.05) is 51.1 Å². The molecular weight excluding hydrogens is 445 g/mol. The molecule has 3 aromatic rings. The third-order valence-electron chi connectivity index (χ3n) is 5.61. The lowest BCUT2D eigenvalue weighted by molar-refractivity contribution is -0.158. The lowest BCUT2D eigenvalue weighted by atomic mass is 9.88. The van der Waals surface area contributed by atoms with E-state index in [0.717, 1.165) is 11.6 Å². The lowest BCUT2D eigenvalue weighted by Crippen LogP contribution is -2.30. The Bertz CT molecular complexity index is 1240. The normalized spacial score (nSPS) is 13.3. The Balaban J connectivity index is 1.89. The number of halogens is 3. The topological polar surface area (TPSA) is 56.5 Å². The smallest absolute Gasteiger partial charge is 0.417 e. The van der Waals surface area contributed by atoms with E-state index in [1.807, 2.05) is 40.7 Å². The summed E-state index contributed by atoms with van der Waals surface area (Å²) in [6, 6.07) is 11.7. The van der Waals surface area contributed by atoms with Crippen LogP contribution in [0.2, 0.25) is 0 Å². The molecular formula is C27H29F3O4. The summed E-state index contributed by atoms with van der Waals surface area (Å²) in [4.78, 5) is 24.7. The van der Waals surface area contributed by atoms with Crippen LogP contribution in [0.4, 0.5) is 13.2 Å². The Labute approximate surface area is 196 Å². The van der Waals surface area contributed by atoms with Crippen LogP contribution in [0.5, 0.6) is 0 Å². The van der Waals surface area contributed by atoms with Gasteiger partial charge in [0, 0.05) is 17.4 Å². The van der Waals surface area contributed by atoms with Crippen LogP contribution in [0, 0.1) is 5.92 Å². The quantitative estimate of drug-likeness (QED) is 0.266. The second-order valence-corrected chi connectivity index (χ2v) is 9.73. The fourth-order valence-electron chi connectivity index (χ4n) is 4.17. The highest BCUT2D eigenvalue weighted by atomic mass is 19.4. The summed E-state index contributed by atoms with van der Waals surface area (Å²) in [7, 11) is 0. The minimum Gasteiger partial charge on any atom is -0.460 e. The Morgan fingerprint density at radius 3 is 2.32 bits per heavy atom. The van der Waals surface area contributed by atoms with E-state index in [0.29, 0.717) is 18.2 Å². The minimum absolute atomic E-state index is 0.0258. The van der Waals surface area contributed by atoms with Gasteiger partial charge < -0.3 is 9.15 Å². The van der Waals surface area contributed by atoms with Gasteiger partial charge in [0.1, 0.15) is 11.2 Å². The Morgan fingerprint density at radius 2 is 1.68 bits per heavy atom. The van der Waals surface area contributed by atoms with E-state index >= 15 is 0 Å². The molecule has 0 N–H and O–H groups in total. The number of carbonyl (C=O) groups excluding carboxylic acids is 1. The van der Waals surface area contributed by atoms with Crippen LogP contribution >= 0.6 is 0 Å². The molecule has 0 radical (unpaired) electrons. The van der Waals surface area contributed by atoms with Crippen molar-refractivity contribution >= 4 is 16.9 Å². The van der Waals surface area contributed by atoms with Crippen molar-refractivity contribution in [1.82, 2.24) is 0 Å². The van der Waals surface area contributed by atoms with Gasteiger partial charge in [0.2, 0.25) is 0 Å². The van der Waals surface area contributed by atoms with Crippen molar-refractivity contribution in [3.05, 3.63) is 70.1 Å². The molecule has 0 saturated carbocycles. The number of rotatable bonds is 7. The van der Waals surface area contributed by atoms with Crippen molar-refractivity contribution in [2.45, 2.75) is 65.2 Å². The van der Waals surface area contributed by atoms with Crippen LogP contribution in [0.15, 0.2) is 57.7 Å². The number of alkyl halides is 3. The molecule has 1 atom stereocenters. The highest BCUT2D eigenvalue weighted by molar-refractivity contribution is 5.83. The predicted octanol–water partition coefficient (Wildman–Crippen LogP) is 7.34.